The predicted molar refractivity (Wildman–Crippen MR) is 123 cm³/mol. The molecule has 0 radical (unpaired) electrons. The van der Waals surface area contributed by atoms with Crippen molar-refractivity contribution in [2.75, 3.05) is 26.2 Å². The third-order valence-electron chi connectivity index (χ3n) is 3.90. The zero-order valence-electron chi connectivity index (χ0n) is 13.4. The van der Waals surface area contributed by atoms with Gasteiger partial charge in [-0.05, 0) is 84.5 Å². The van der Waals surface area contributed by atoms with Crippen LogP contribution in [0, 0.1) is 0 Å². The number of thiocarbonyl (C=S) groups is 4. The summed E-state index contributed by atoms with van der Waals surface area (Å²) < 4.78 is 1.26. The Morgan fingerprint density at radius 1 is 0.583 bits per heavy atom. The van der Waals surface area contributed by atoms with E-state index in [0.717, 1.165) is 36.4 Å². The summed E-state index contributed by atoms with van der Waals surface area (Å²) in [4.78, 5) is 4.36. The summed E-state index contributed by atoms with van der Waals surface area (Å²) in [5.41, 5.74) is 0. The molecule has 0 amide bonds. The Balaban J connectivity index is 1.64. The molecule has 0 aromatic heterocycles. The van der Waals surface area contributed by atoms with Crippen LogP contribution in [0.3, 0.4) is 0 Å². The van der Waals surface area contributed by atoms with Gasteiger partial charge < -0.3 is 20.4 Å². The number of rotatable bonds is 0. The van der Waals surface area contributed by atoms with Gasteiger partial charge in [0.1, 0.15) is 0 Å². The van der Waals surface area contributed by atoms with Crippen LogP contribution < -0.4 is 10.6 Å². The first-order valence-electron chi connectivity index (χ1n) is 8.10. The highest BCUT2D eigenvalue weighted by atomic mass is 33.1. The molecule has 2 saturated heterocycles. The molecule has 0 saturated carbocycles. The van der Waals surface area contributed by atoms with Crippen LogP contribution in [0.25, 0.3) is 0 Å². The highest BCUT2D eigenvalue weighted by Gasteiger charge is 2.16. The second-order valence-corrected chi connectivity index (χ2v) is 9.95. The van der Waals surface area contributed by atoms with Crippen molar-refractivity contribution in [1.82, 2.24) is 20.4 Å². The number of nitrogens with zero attached hydrogens (tertiary/aromatic N) is 2. The fraction of sp³-hybridized carbons (Fsp3) is 0.714. The molecular weight excluding hydrogens is 417 g/mol. The van der Waals surface area contributed by atoms with Gasteiger partial charge in [-0.25, -0.2) is 0 Å². The van der Waals surface area contributed by atoms with Gasteiger partial charge in [0, 0.05) is 26.2 Å². The van der Waals surface area contributed by atoms with Crippen LogP contribution in [0.1, 0.15) is 38.5 Å². The van der Waals surface area contributed by atoms with Crippen LogP contribution in [-0.2, 0) is 0 Å². The molecule has 0 atom stereocenters. The zero-order chi connectivity index (χ0) is 17.4. The third-order valence-corrected chi connectivity index (χ3v) is 7.80. The monoisotopic (exact) mass is 438 g/mol. The summed E-state index contributed by atoms with van der Waals surface area (Å²) in [6.45, 7) is 4.04. The van der Waals surface area contributed by atoms with E-state index in [1.165, 1.54) is 60.1 Å². The van der Waals surface area contributed by atoms with Gasteiger partial charge in [-0.2, -0.15) is 0 Å². The molecule has 2 aliphatic rings. The molecule has 134 valence electrons. The van der Waals surface area contributed by atoms with Crippen molar-refractivity contribution >= 4 is 89.3 Å². The maximum atomic E-state index is 5.41. The summed E-state index contributed by atoms with van der Waals surface area (Å²) >= 11 is 21.5. The third kappa shape index (κ3) is 7.25. The minimum atomic E-state index is 0.628. The van der Waals surface area contributed by atoms with Gasteiger partial charge in [-0.3, -0.25) is 0 Å². The molecule has 2 aliphatic heterocycles. The van der Waals surface area contributed by atoms with E-state index in [0.29, 0.717) is 8.64 Å². The molecule has 24 heavy (non-hydrogen) atoms. The predicted octanol–water partition coefficient (Wildman–Crippen LogP) is 3.66. The van der Waals surface area contributed by atoms with Crippen molar-refractivity contribution in [3.05, 3.63) is 0 Å². The highest BCUT2D eigenvalue weighted by Crippen LogP contribution is 2.23. The fourth-order valence-electron chi connectivity index (χ4n) is 2.64. The van der Waals surface area contributed by atoms with Gasteiger partial charge in [-0.1, -0.05) is 24.4 Å². The van der Waals surface area contributed by atoms with E-state index in [9.17, 15) is 0 Å². The van der Waals surface area contributed by atoms with E-state index in [-0.39, 0.29) is 0 Å². The minimum absolute atomic E-state index is 0.628. The van der Waals surface area contributed by atoms with E-state index < -0.39 is 0 Å². The molecule has 2 heterocycles. The molecule has 0 spiro atoms. The fourth-order valence-corrected chi connectivity index (χ4v) is 5.41. The number of nitrogens with one attached hydrogen (secondary N) is 2. The van der Waals surface area contributed by atoms with Gasteiger partial charge in [0.25, 0.3) is 0 Å². The van der Waals surface area contributed by atoms with Crippen molar-refractivity contribution < 1.29 is 0 Å². The van der Waals surface area contributed by atoms with E-state index >= 15 is 0 Å². The Morgan fingerprint density at radius 2 is 0.917 bits per heavy atom. The Labute approximate surface area is 173 Å². The Hall–Kier alpha value is 0.260. The lowest BCUT2D eigenvalue weighted by Gasteiger charge is -2.29. The van der Waals surface area contributed by atoms with Gasteiger partial charge in [0.05, 0.1) is 0 Å². The van der Waals surface area contributed by atoms with Gasteiger partial charge in [0.15, 0.2) is 18.9 Å². The molecular formula is C14H22N4S6. The number of hydrogen-bond donors (Lipinski definition) is 2. The quantitative estimate of drug-likeness (QED) is 0.431. The molecule has 2 rings (SSSR count). The SMILES string of the molecule is S=C(NC(=S)N1CCCCC1)SSC(=S)NC(=S)N1CCCCC1. The molecule has 2 fully saturated rings. The van der Waals surface area contributed by atoms with Crippen molar-refractivity contribution in [2.45, 2.75) is 38.5 Å². The zero-order valence-corrected chi connectivity index (χ0v) is 18.3. The lowest BCUT2D eigenvalue weighted by molar-refractivity contribution is 0.342. The molecule has 0 unspecified atom stereocenters. The van der Waals surface area contributed by atoms with Crippen LogP contribution in [0.4, 0.5) is 0 Å². The van der Waals surface area contributed by atoms with E-state index in [1.54, 1.807) is 0 Å². The maximum absolute atomic E-state index is 5.41. The maximum Gasteiger partial charge on any atom is 0.174 e. The van der Waals surface area contributed by atoms with Crippen molar-refractivity contribution in [1.29, 1.82) is 0 Å². The van der Waals surface area contributed by atoms with Crippen LogP contribution in [0.5, 0.6) is 0 Å². The number of hydrogen-bond acceptors (Lipinski definition) is 6. The van der Waals surface area contributed by atoms with Crippen LogP contribution in [0.2, 0.25) is 0 Å². The van der Waals surface area contributed by atoms with Crippen LogP contribution >= 0.6 is 70.5 Å². The molecule has 0 aliphatic carbocycles. The molecule has 4 nitrogen and oxygen atoms in total. The lowest BCUT2D eigenvalue weighted by atomic mass is 10.1. The standard InChI is InChI=1S/C14H22N4S6/c19-11(17-7-3-1-4-8-17)15-13(21)23-24-14(22)16-12(20)18-9-5-2-6-10-18/h1-10H2,(H,15,19,21)(H,16,20,22). The molecule has 0 bridgehead atoms. The first kappa shape index (κ1) is 20.6. The average Bonchev–Trinajstić information content (AvgIpc) is 2.61. The Morgan fingerprint density at radius 3 is 1.25 bits per heavy atom. The first-order valence-corrected chi connectivity index (χ1v) is 11.9. The topological polar surface area (TPSA) is 30.5 Å². The summed E-state index contributed by atoms with van der Waals surface area (Å²) in [6.07, 6.45) is 7.34. The number of piperidine rings is 2. The summed E-state index contributed by atoms with van der Waals surface area (Å²) in [5.74, 6) is 0. The minimum Gasteiger partial charge on any atom is -0.349 e. The highest BCUT2D eigenvalue weighted by molar-refractivity contribution is 8.89. The van der Waals surface area contributed by atoms with Crippen LogP contribution in [-0.4, -0.2) is 54.8 Å². The number of likely N-dealkylation sites (tertiary alicyclic amines) is 2. The molecule has 0 aromatic carbocycles. The van der Waals surface area contributed by atoms with E-state index in [2.05, 4.69) is 20.4 Å². The molecule has 0 aromatic rings. The van der Waals surface area contributed by atoms with Gasteiger partial charge >= 0.3 is 0 Å². The smallest absolute Gasteiger partial charge is 0.174 e. The van der Waals surface area contributed by atoms with Gasteiger partial charge in [0.2, 0.25) is 0 Å². The van der Waals surface area contributed by atoms with Crippen LogP contribution in [0.15, 0.2) is 0 Å². The molecule has 10 heteroatoms. The Kier molecular flexibility index (Phi) is 9.49. The van der Waals surface area contributed by atoms with E-state index in [1.807, 2.05) is 0 Å². The molecule has 2 N–H and O–H groups in total. The summed E-state index contributed by atoms with van der Waals surface area (Å²) in [7, 11) is 2.81. The second-order valence-electron chi connectivity index (χ2n) is 5.70. The summed E-state index contributed by atoms with van der Waals surface area (Å²) in [6, 6.07) is 0. The Bertz CT molecular complexity index is 442. The van der Waals surface area contributed by atoms with Crippen molar-refractivity contribution in [3.8, 4) is 0 Å². The second kappa shape index (κ2) is 11.1. The van der Waals surface area contributed by atoms with Crippen molar-refractivity contribution in [2.24, 2.45) is 0 Å². The largest absolute Gasteiger partial charge is 0.349 e. The van der Waals surface area contributed by atoms with E-state index in [4.69, 9.17) is 48.9 Å². The normalized spacial score (nSPS) is 18.0. The van der Waals surface area contributed by atoms with Gasteiger partial charge in [-0.15, -0.1) is 0 Å². The summed E-state index contributed by atoms with van der Waals surface area (Å²) in [5, 5.41) is 7.68. The average molecular weight is 439 g/mol. The van der Waals surface area contributed by atoms with Crippen molar-refractivity contribution in [3.63, 3.8) is 0 Å². The lowest BCUT2D eigenvalue weighted by Crippen LogP contribution is -2.44. The first-order chi connectivity index (χ1) is 11.6.